The molecular weight excluding hydrogens is 531 g/mol. The number of halogens is 1. The summed E-state index contributed by atoms with van der Waals surface area (Å²) in [6.07, 6.45) is 10.9. The summed E-state index contributed by atoms with van der Waals surface area (Å²) in [5.74, 6) is 1.96. The Kier molecular flexibility index (Phi) is 6.35. The molecule has 0 aromatic heterocycles. The molecule has 0 saturated heterocycles. The molecule has 1 aromatic rings. The predicted molar refractivity (Wildman–Crippen MR) is 148 cm³/mol. The van der Waals surface area contributed by atoms with E-state index in [-0.39, 0.29) is 22.9 Å². The van der Waals surface area contributed by atoms with Gasteiger partial charge in [0.05, 0.1) is 5.56 Å². The molecule has 1 aromatic carbocycles. The van der Waals surface area contributed by atoms with Crippen LogP contribution in [-0.2, 0) is 4.74 Å². The van der Waals surface area contributed by atoms with Crippen molar-refractivity contribution in [3.63, 3.8) is 0 Å². The van der Waals surface area contributed by atoms with Gasteiger partial charge in [0.25, 0.3) is 0 Å². The predicted octanol–water partition coefficient (Wildman–Crippen LogP) is 8.56. The van der Waals surface area contributed by atoms with Crippen LogP contribution in [0.25, 0.3) is 0 Å². The van der Waals surface area contributed by atoms with Crippen molar-refractivity contribution in [1.29, 1.82) is 0 Å². The normalized spacial score (nSPS) is 37.2. The highest BCUT2D eigenvalue weighted by Gasteiger charge is 2.58. The molecule has 0 N–H and O–H groups in total. The number of alkyl halides is 1. The molecule has 4 aliphatic rings. The lowest BCUT2D eigenvalue weighted by atomic mass is 9.46. The maximum absolute atomic E-state index is 12.9. The van der Waals surface area contributed by atoms with Gasteiger partial charge in [-0.05, 0) is 96.8 Å². The van der Waals surface area contributed by atoms with Gasteiger partial charge in [0.15, 0.2) is 0 Å². The lowest BCUT2D eigenvalue weighted by Gasteiger charge is -2.59. The van der Waals surface area contributed by atoms with Gasteiger partial charge in [-0.1, -0.05) is 87.1 Å². The molecule has 1 fully saturated rings. The summed E-state index contributed by atoms with van der Waals surface area (Å²) < 4.78 is 7.45. The molecule has 34 heavy (non-hydrogen) atoms. The molecule has 0 amide bonds. The molecular formula is C31H41IO2. The Morgan fingerprint density at radius 3 is 2.50 bits per heavy atom. The van der Waals surface area contributed by atoms with Gasteiger partial charge in [0, 0.05) is 9.84 Å². The maximum atomic E-state index is 12.9. The monoisotopic (exact) mass is 572 g/mol. The quantitative estimate of drug-likeness (QED) is 0.205. The van der Waals surface area contributed by atoms with Crippen molar-refractivity contribution in [1.82, 2.24) is 0 Å². The third-order valence-electron chi connectivity index (χ3n) is 10.6. The van der Waals surface area contributed by atoms with Crippen LogP contribution in [0.1, 0.15) is 89.9 Å². The summed E-state index contributed by atoms with van der Waals surface area (Å²) >= 11 is 2.58. The van der Waals surface area contributed by atoms with Gasteiger partial charge in [-0.2, -0.15) is 0 Å². The van der Waals surface area contributed by atoms with E-state index in [9.17, 15) is 4.79 Å². The molecule has 0 spiro atoms. The van der Waals surface area contributed by atoms with E-state index in [1.165, 1.54) is 36.5 Å². The van der Waals surface area contributed by atoms with Crippen LogP contribution in [0, 0.1) is 34.0 Å². The second kappa shape index (κ2) is 8.78. The Morgan fingerprint density at radius 1 is 1.06 bits per heavy atom. The van der Waals surface area contributed by atoms with Gasteiger partial charge in [0.2, 0.25) is 0 Å². The minimum absolute atomic E-state index is 0.0196. The molecule has 0 heterocycles. The maximum Gasteiger partial charge on any atom is 0.338 e. The summed E-state index contributed by atoms with van der Waals surface area (Å²) in [4.78, 5) is 12.9. The number of rotatable bonds is 4. The lowest BCUT2D eigenvalue weighted by Crippen LogP contribution is -2.54. The van der Waals surface area contributed by atoms with E-state index in [4.69, 9.17) is 4.74 Å². The topological polar surface area (TPSA) is 26.3 Å². The van der Waals surface area contributed by atoms with Crippen molar-refractivity contribution in [3.8, 4) is 0 Å². The van der Waals surface area contributed by atoms with Crippen molar-refractivity contribution in [3.05, 3.63) is 58.7 Å². The van der Waals surface area contributed by atoms with E-state index in [0.29, 0.717) is 16.9 Å². The Bertz CT molecular complexity index is 1020. The molecule has 6 atom stereocenters. The first-order valence-corrected chi connectivity index (χ1v) is 14.9. The molecule has 5 rings (SSSR count). The first kappa shape index (κ1) is 24.6. The van der Waals surface area contributed by atoms with E-state index in [1.807, 2.05) is 30.3 Å². The fourth-order valence-corrected chi connectivity index (χ4v) is 9.27. The molecule has 2 nitrogen and oxygen atoms in total. The van der Waals surface area contributed by atoms with E-state index in [1.54, 1.807) is 16.7 Å². The average molecular weight is 573 g/mol. The molecule has 3 heteroatoms. The molecule has 0 radical (unpaired) electrons. The van der Waals surface area contributed by atoms with Crippen LogP contribution in [-0.4, -0.2) is 16.5 Å². The molecule has 1 saturated carbocycles. The number of benzene rings is 1. The van der Waals surface area contributed by atoms with Gasteiger partial charge in [-0.15, -0.1) is 0 Å². The number of carbonyl (C=O) groups is 1. The van der Waals surface area contributed by atoms with E-state index in [2.05, 4.69) is 63.3 Å². The summed E-state index contributed by atoms with van der Waals surface area (Å²) in [6.45, 7) is 12.3. The Morgan fingerprint density at radius 2 is 1.79 bits per heavy atom. The van der Waals surface area contributed by atoms with Crippen molar-refractivity contribution < 1.29 is 9.53 Å². The number of esters is 1. The van der Waals surface area contributed by atoms with Crippen LogP contribution >= 0.6 is 22.6 Å². The number of allylic oxidation sites excluding steroid dienone is 4. The number of hydrogen-bond acceptors (Lipinski definition) is 2. The zero-order valence-electron chi connectivity index (χ0n) is 21.6. The highest BCUT2D eigenvalue weighted by Crippen LogP contribution is 2.66. The fourth-order valence-electron chi connectivity index (χ4n) is 8.65. The van der Waals surface area contributed by atoms with E-state index >= 15 is 0 Å². The van der Waals surface area contributed by atoms with Crippen LogP contribution in [0.2, 0.25) is 0 Å². The van der Waals surface area contributed by atoms with E-state index < -0.39 is 0 Å². The Hall–Kier alpha value is -1.10. The number of fused-ring (bicyclic) bond motifs is 4. The molecule has 0 unspecified atom stereocenters. The van der Waals surface area contributed by atoms with Gasteiger partial charge in [0.1, 0.15) is 6.10 Å². The van der Waals surface area contributed by atoms with Crippen molar-refractivity contribution >= 4 is 28.6 Å². The van der Waals surface area contributed by atoms with Crippen molar-refractivity contribution in [2.24, 2.45) is 34.0 Å². The van der Waals surface area contributed by atoms with Crippen molar-refractivity contribution in [2.45, 2.75) is 85.7 Å². The zero-order valence-corrected chi connectivity index (χ0v) is 23.8. The van der Waals surface area contributed by atoms with Crippen LogP contribution in [0.5, 0.6) is 0 Å². The third-order valence-corrected chi connectivity index (χ3v) is 12.0. The first-order valence-electron chi connectivity index (χ1n) is 13.4. The summed E-state index contributed by atoms with van der Waals surface area (Å²) in [7, 11) is 0. The SMILES string of the molecule is C[C@H](CI)[C@H]1CC=C2C3=C(CC[C@@]21C)[C@@]1(C)CC[C@H](OC(=O)c2ccccc2)C(C)(C)[C@@H]1CC3. The second-order valence-electron chi connectivity index (χ2n) is 12.6. The van der Waals surface area contributed by atoms with Crippen LogP contribution in [0.4, 0.5) is 0 Å². The van der Waals surface area contributed by atoms with Gasteiger partial charge in [-0.25, -0.2) is 4.79 Å². The average Bonchev–Trinajstić information content (AvgIpc) is 3.18. The first-order chi connectivity index (χ1) is 16.1. The highest BCUT2D eigenvalue weighted by molar-refractivity contribution is 14.1. The van der Waals surface area contributed by atoms with Crippen LogP contribution < -0.4 is 0 Å². The summed E-state index contributed by atoms with van der Waals surface area (Å²) in [5, 5.41) is 0. The lowest BCUT2D eigenvalue weighted by molar-refractivity contribution is -0.0993. The van der Waals surface area contributed by atoms with Crippen LogP contribution in [0.15, 0.2) is 53.1 Å². The van der Waals surface area contributed by atoms with E-state index in [0.717, 1.165) is 24.7 Å². The largest absolute Gasteiger partial charge is 0.458 e. The minimum Gasteiger partial charge on any atom is -0.458 e. The Labute approximate surface area is 220 Å². The Balaban J connectivity index is 1.41. The number of hydrogen-bond donors (Lipinski definition) is 0. The van der Waals surface area contributed by atoms with Crippen molar-refractivity contribution in [2.75, 3.05) is 4.43 Å². The molecule has 0 aliphatic heterocycles. The number of carbonyl (C=O) groups excluding carboxylic acids is 1. The highest BCUT2D eigenvalue weighted by atomic mass is 127. The second-order valence-corrected chi connectivity index (χ2v) is 13.5. The molecule has 4 aliphatic carbocycles. The summed E-state index contributed by atoms with van der Waals surface area (Å²) in [6, 6.07) is 9.49. The van der Waals surface area contributed by atoms with Gasteiger partial charge in [-0.3, -0.25) is 0 Å². The van der Waals surface area contributed by atoms with Gasteiger partial charge < -0.3 is 4.74 Å². The minimum atomic E-state index is -0.169. The standard InChI is InChI=1S/C31H41IO2/c1-20(19-32)23-12-13-24-22-11-14-26-29(2,3)27(34-28(33)21-9-7-6-8-10-21)16-18-31(26,5)25(22)15-17-30(23,24)4/h6-10,13,20,23,26-27H,11-12,14-19H2,1-5H3/t20-,23-,26+,27+,30-,31-/m1/s1. The smallest absolute Gasteiger partial charge is 0.338 e. The third kappa shape index (κ3) is 3.66. The fraction of sp³-hybridized carbons (Fsp3) is 0.645. The number of ether oxygens (including phenoxy) is 1. The van der Waals surface area contributed by atoms with Gasteiger partial charge >= 0.3 is 5.97 Å². The van der Waals surface area contributed by atoms with Crippen LogP contribution in [0.3, 0.4) is 0 Å². The zero-order chi connectivity index (χ0) is 24.3. The molecule has 184 valence electrons. The summed E-state index contributed by atoms with van der Waals surface area (Å²) in [5.41, 5.74) is 6.43. The molecule has 0 bridgehead atoms.